The Balaban J connectivity index is 1.92. The molecule has 0 saturated heterocycles. The van der Waals surface area contributed by atoms with Crippen molar-refractivity contribution in [3.8, 4) is 6.07 Å². The van der Waals surface area contributed by atoms with Crippen molar-refractivity contribution in [1.29, 1.82) is 5.26 Å². The zero-order chi connectivity index (χ0) is 14.2. The standard InChI is InChI=1S/C17H24N2O/c18-12-14-5-4-6-15(11-14)13-19-17(9-10-20)16-7-2-1-3-8-16/h4-6,11,16-17,19-20H,1-3,7-10,13H2. The van der Waals surface area contributed by atoms with E-state index in [1.807, 2.05) is 24.3 Å². The van der Waals surface area contributed by atoms with Crippen molar-refractivity contribution in [3.05, 3.63) is 35.4 Å². The van der Waals surface area contributed by atoms with Crippen LogP contribution in [0.5, 0.6) is 0 Å². The van der Waals surface area contributed by atoms with Crippen molar-refractivity contribution >= 4 is 0 Å². The van der Waals surface area contributed by atoms with Crippen LogP contribution in [0.2, 0.25) is 0 Å². The largest absolute Gasteiger partial charge is 0.396 e. The quantitative estimate of drug-likeness (QED) is 0.837. The Morgan fingerprint density at radius 1 is 1.30 bits per heavy atom. The van der Waals surface area contributed by atoms with Gasteiger partial charge < -0.3 is 10.4 Å². The van der Waals surface area contributed by atoms with Crippen molar-refractivity contribution in [1.82, 2.24) is 5.32 Å². The fourth-order valence-electron chi connectivity index (χ4n) is 3.18. The van der Waals surface area contributed by atoms with E-state index in [1.54, 1.807) is 0 Å². The van der Waals surface area contributed by atoms with Gasteiger partial charge in [-0.25, -0.2) is 0 Å². The van der Waals surface area contributed by atoms with Gasteiger partial charge in [0.05, 0.1) is 11.6 Å². The van der Waals surface area contributed by atoms with E-state index in [1.165, 1.54) is 32.1 Å². The maximum Gasteiger partial charge on any atom is 0.0991 e. The van der Waals surface area contributed by atoms with E-state index < -0.39 is 0 Å². The molecule has 0 amide bonds. The van der Waals surface area contributed by atoms with E-state index in [4.69, 9.17) is 5.26 Å². The lowest BCUT2D eigenvalue weighted by molar-refractivity contribution is 0.205. The van der Waals surface area contributed by atoms with Crippen LogP contribution >= 0.6 is 0 Å². The second-order valence-corrected chi connectivity index (χ2v) is 5.71. The molecule has 0 aromatic heterocycles. The number of nitrogens with one attached hydrogen (secondary N) is 1. The summed E-state index contributed by atoms with van der Waals surface area (Å²) in [6.07, 6.45) is 7.36. The summed E-state index contributed by atoms with van der Waals surface area (Å²) in [6, 6.07) is 10.3. The highest BCUT2D eigenvalue weighted by Gasteiger charge is 2.22. The molecule has 20 heavy (non-hydrogen) atoms. The number of benzene rings is 1. The fourth-order valence-corrected chi connectivity index (χ4v) is 3.18. The van der Waals surface area contributed by atoms with Gasteiger partial charge in [0.15, 0.2) is 0 Å². The molecule has 0 spiro atoms. The Hall–Kier alpha value is -1.37. The van der Waals surface area contributed by atoms with Crippen molar-refractivity contribution in [2.75, 3.05) is 6.61 Å². The summed E-state index contributed by atoms with van der Waals surface area (Å²) in [5.41, 5.74) is 1.85. The molecule has 0 radical (unpaired) electrons. The molecule has 2 N–H and O–H groups in total. The van der Waals surface area contributed by atoms with Crippen LogP contribution in [0.25, 0.3) is 0 Å². The third kappa shape index (κ3) is 4.33. The van der Waals surface area contributed by atoms with Gasteiger partial charge in [-0.15, -0.1) is 0 Å². The van der Waals surface area contributed by atoms with Gasteiger partial charge in [0.1, 0.15) is 0 Å². The number of rotatable bonds is 6. The molecule has 1 unspecified atom stereocenters. The molecular formula is C17H24N2O. The molecule has 0 heterocycles. The molecule has 1 saturated carbocycles. The lowest BCUT2D eigenvalue weighted by atomic mass is 9.82. The van der Waals surface area contributed by atoms with Crippen LogP contribution in [-0.2, 0) is 6.54 Å². The highest BCUT2D eigenvalue weighted by atomic mass is 16.3. The van der Waals surface area contributed by atoms with Crippen LogP contribution in [0.4, 0.5) is 0 Å². The zero-order valence-corrected chi connectivity index (χ0v) is 12.0. The monoisotopic (exact) mass is 272 g/mol. The third-order valence-electron chi connectivity index (χ3n) is 4.28. The van der Waals surface area contributed by atoms with Gasteiger partial charge in [0, 0.05) is 19.2 Å². The van der Waals surface area contributed by atoms with Crippen LogP contribution in [-0.4, -0.2) is 17.8 Å². The Morgan fingerprint density at radius 3 is 2.80 bits per heavy atom. The van der Waals surface area contributed by atoms with Gasteiger partial charge in [-0.05, 0) is 42.9 Å². The van der Waals surface area contributed by atoms with E-state index in [2.05, 4.69) is 11.4 Å². The summed E-state index contributed by atoms with van der Waals surface area (Å²) >= 11 is 0. The summed E-state index contributed by atoms with van der Waals surface area (Å²) in [6.45, 7) is 1.02. The van der Waals surface area contributed by atoms with Crippen molar-refractivity contribution in [2.45, 2.75) is 51.1 Å². The highest BCUT2D eigenvalue weighted by Crippen LogP contribution is 2.27. The Kier molecular flexibility index (Phi) is 6.04. The highest BCUT2D eigenvalue weighted by molar-refractivity contribution is 5.32. The number of nitrogens with zero attached hydrogens (tertiary/aromatic N) is 1. The van der Waals surface area contributed by atoms with Crippen molar-refractivity contribution < 1.29 is 5.11 Å². The molecule has 1 fully saturated rings. The molecule has 2 rings (SSSR count). The minimum absolute atomic E-state index is 0.242. The molecule has 3 heteroatoms. The first-order valence-corrected chi connectivity index (χ1v) is 7.67. The van der Waals surface area contributed by atoms with Gasteiger partial charge in [-0.3, -0.25) is 0 Å². The molecule has 3 nitrogen and oxygen atoms in total. The lowest BCUT2D eigenvalue weighted by Gasteiger charge is -2.31. The van der Waals surface area contributed by atoms with Gasteiger partial charge in [0.25, 0.3) is 0 Å². The summed E-state index contributed by atoms with van der Waals surface area (Å²) < 4.78 is 0. The minimum Gasteiger partial charge on any atom is -0.396 e. The molecule has 0 aliphatic heterocycles. The molecular weight excluding hydrogens is 248 g/mol. The van der Waals surface area contributed by atoms with Gasteiger partial charge in [-0.2, -0.15) is 5.26 Å². The van der Waals surface area contributed by atoms with Crippen molar-refractivity contribution in [3.63, 3.8) is 0 Å². The predicted molar refractivity (Wildman–Crippen MR) is 80.1 cm³/mol. The molecule has 1 atom stereocenters. The van der Waals surface area contributed by atoms with Gasteiger partial charge >= 0.3 is 0 Å². The van der Waals surface area contributed by atoms with E-state index >= 15 is 0 Å². The second-order valence-electron chi connectivity index (χ2n) is 5.71. The van der Waals surface area contributed by atoms with Crippen LogP contribution in [0.3, 0.4) is 0 Å². The molecule has 108 valence electrons. The fraction of sp³-hybridized carbons (Fsp3) is 0.588. The lowest BCUT2D eigenvalue weighted by Crippen LogP contribution is -2.37. The topological polar surface area (TPSA) is 56.0 Å². The van der Waals surface area contributed by atoms with Gasteiger partial charge in [-0.1, -0.05) is 31.4 Å². The average Bonchev–Trinajstić information content (AvgIpc) is 2.52. The van der Waals surface area contributed by atoms with Crippen molar-refractivity contribution in [2.24, 2.45) is 5.92 Å². The summed E-state index contributed by atoms with van der Waals surface area (Å²) in [5, 5.41) is 21.8. The Labute approximate surface area is 121 Å². The first-order valence-electron chi connectivity index (χ1n) is 7.67. The van der Waals surface area contributed by atoms with E-state index in [-0.39, 0.29) is 6.61 Å². The summed E-state index contributed by atoms with van der Waals surface area (Å²) in [5.74, 6) is 0.690. The first-order chi connectivity index (χ1) is 9.83. The van der Waals surface area contributed by atoms with E-state index in [0.29, 0.717) is 17.5 Å². The molecule has 1 aliphatic carbocycles. The predicted octanol–water partition coefficient (Wildman–Crippen LogP) is 2.98. The maximum absolute atomic E-state index is 9.26. The number of aliphatic hydroxyl groups is 1. The average molecular weight is 272 g/mol. The molecule has 1 aliphatic rings. The number of hydrogen-bond acceptors (Lipinski definition) is 3. The number of nitriles is 1. The molecule has 0 bridgehead atoms. The normalized spacial score (nSPS) is 17.6. The van der Waals surface area contributed by atoms with Crippen LogP contribution in [0.15, 0.2) is 24.3 Å². The van der Waals surface area contributed by atoms with Gasteiger partial charge in [0.2, 0.25) is 0 Å². The second kappa shape index (κ2) is 8.04. The minimum atomic E-state index is 0.242. The summed E-state index contributed by atoms with van der Waals surface area (Å²) in [7, 11) is 0. The van der Waals surface area contributed by atoms with Crippen LogP contribution in [0.1, 0.15) is 49.7 Å². The third-order valence-corrected chi connectivity index (χ3v) is 4.28. The summed E-state index contributed by atoms with van der Waals surface area (Å²) in [4.78, 5) is 0. The molecule has 1 aromatic carbocycles. The number of aliphatic hydroxyl groups excluding tert-OH is 1. The zero-order valence-electron chi connectivity index (χ0n) is 12.0. The van der Waals surface area contributed by atoms with E-state index in [9.17, 15) is 5.11 Å². The first kappa shape index (κ1) is 15.0. The van der Waals surface area contributed by atoms with Crippen LogP contribution < -0.4 is 5.32 Å². The maximum atomic E-state index is 9.26. The number of hydrogen-bond donors (Lipinski definition) is 2. The SMILES string of the molecule is N#Cc1cccc(CNC(CCO)C2CCCCC2)c1. The Bertz CT molecular complexity index is 447. The smallest absolute Gasteiger partial charge is 0.0991 e. The van der Waals surface area contributed by atoms with E-state index in [0.717, 1.165) is 18.5 Å². The Morgan fingerprint density at radius 2 is 2.10 bits per heavy atom. The molecule has 1 aromatic rings. The van der Waals surface area contributed by atoms with Crippen LogP contribution in [0, 0.1) is 17.2 Å².